The molecule has 19 heavy (non-hydrogen) atoms. The molecule has 100 valence electrons. The second-order valence-electron chi connectivity index (χ2n) is 4.82. The van der Waals surface area contributed by atoms with Crippen molar-refractivity contribution in [2.24, 2.45) is 0 Å². The molecule has 1 rings (SSSR count). The molecule has 0 bridgehead atoms. The van der Waals surface area contributed by atoms with Gasteiger partial charge in [-0.3, -0.25) is 0 Å². The van der Waals surface area contributed by atoms with Crippen LogP contribution in [0.25, 0.3) is 0 Å². The standard InChI is InChI=1S/C17H21NO/c1-14(2)5-4-6-15(3)11-12-19-17-9-7-16(13-18)8-10-17/h5,7-11H,4,6,12H2,1-3H3/b15-11+. The van der Waals surface area contributed by atoms with Gasteiger partial charge in [-0.2, -0.15) is 5.26 Å². The van der Waals surface area contributed by atoms with E-state index in [2.05, 4.69) is 39.0 Å². The normalized spacial score (nSPS) is 10.7. The molecule has 0 aliphatic carbocycles. The van der Waals surface area contributed by atoms with Gasteiger partial charge in [-0.1, -0.05) is 17.2 Å². The Bertz CT molecular complexity index is 485. The highest BCUT2D eigenvalue weighted by Gasteiger charge is 1.94. The highest BCUT2D eigenvalue weighted by atomic mass is 16.5. The van der Waals surface area contributed by atoms with Gasteiger partial charge in [0.1, 0.15) is 12.4 Å². The summed E-state index contributed by atoms with van der Waals surface area (Å²) < 4.78 is 5.60. The van der Waals surface area contributed by atoms with Crippen molar-refractivity contribution in [3.8, 4) is 11.8 Å². The Morgan fingerprint density at radius 1 is 1.16 bits per heavy atom. The smallest absolute Gasteiger partial charge is 0.119 e. The average molecular weight is 255 g/mol. The van der Waals surface area contributed by atoms with Crippen molar-refractivity contribution in [2.75, 3.05) is 6.61 Å². The molecule has 0 fully saturated rings. The minimum atomic E-state index is 0.576. The van der Waals surface area contributed by atoms with Gasteiger partial charge in [0.25, 0.3) is 0 Å². The van der Waals surface area contributed by atoms with E-state index in [0.717, 1.165) is 18.6 Å². The van der Waals surface area contributed by atoms with Gasteiger partial charge >= 0.3 is 0 Å². The number of hydrogen-bond acceptors (Lipinski definition) is 2. The lowest BCUT2D eigenvalue weighted by atomic mass is 10.1. The van der Waals surface area contributed by atoms with Crippen LogP contribution in [0.1, 0.15) is 39.2 Å². The van der Waals surface area contributed by atoms with Gasteiger partial charge in [-0.25, -0.2) is 0 Å². The minimum Gasteiger partial charge on any atom is -0.490 e. The van der Waals surface area contributed by atoms with Gasteiger partial charge in [0.05, 0.1) is 11.6 Å². The van der Waals surface area contributed by atoms with Gasteiger partial charge in [0, 0.05) is 0 Å². The lowest BCUT2D eigenvalue weighted by Gasteiger charge is -2.04. The molecule has 1 aromatic rings. The summed E-state index contributed by atoms with van der Waals surface area (Å²) in [6, 6.07) is 9.27. The molecule has 0 N–H and O–H groups in total. The molecule has 2 heteroatoms. The van der Waals surface area contributed by atoms with Crippen LogP contribution in [0.3, 0.4) is 0 Å². The number of benzene rings is 1. The maximum absolute atomic E-state index is 8.69. The van der Waals surface area contributed by atoms with Crippen LogP contribution in [0.4, 0.5) is 0 Å². The molecule has 0 unspecified atom stereocenters. The third-order valence-electron chi connectivity index (χ3n) is 2.76. The van der Waals surface area contributed by atoms with E-state index < -0.39 is 0 Å². The summed E-state index contributed by atoms with van der Waals surface area (Å²) in [6.45, 7) is 6.94. The van der Waals surface area contributed by atoms with E-state index in [0.29, 0.717) is 12.2 Å². The Balaban J connectivity index is 2.35. The summed E-state index contributed by atoms with van der Waals surface area (Å²) in [4.78, 5) is 0. The highest BCUT2D eigenvalue weighted by molar-refractivity contribution is 5.34. The van der Waals surface area contributed by atoms with Crippen LogP contribution in [-0.2, 0) is 0 Å². The lowest BCUT2D eigenvalue weighted by Crippen LogP contribution is -1.94. The SMILES string of the molecule is CC(C)=CCC/C(C)=C/COc1ccc(C#N)cc1. The monoisotopic (exact) mass is 255 g/mol. The molecule has 0 heterocycles. The third kappa shape index (κ3) is 6.47. The van der Waals surface area contributed by atoms with Gasteiger partial charge in [-0.15, -0.1) is 0 Å². The number of nitrogens with zero attached hydrogens (tertiary/aromatic N) is 1. The van der Waals surface area contributed by atoms with E-state index in [1.165, 1.54) is 11.1 Å². The second kappa shape index (κ2) is 8.16. The van der Waals surface area contributed by atoms with E-state index in [1.807, 2.05) is 12.1 Å². The third-order valence-corrected chi connectivity index (χ3v) is 2.76. The van der Waals surface area contributed by atoms with Crippen LogP contribution in [0.5, 0.6) is 5.75 Å². The first-order chi connectivity index (χ1) is 9.11. The topological polar surface area (TPSA) is 33.0 Å². The first-order valence-corrected chi connectivity index (χ1v) is 6.54. The predicted octanol–water partition coefficient (Wildman–Crippen LogP) is 4.63. The fourth-order valence-electron chi connectivity index (χ4n) is 1.60. The summed E-state index contributed by atoms with van der Waals surface area (Å²) in [7, 11) is 0. The van der Waals surface area contributed by atoms with Crippen LogP contribution < -0.4 is 4.74 Å². The molecule has 0 atom stereocenters. The Hall–Kier alpha value is -2.01. The molecular formula is C17H21NO. The molecule has 0 radical (unpaired) electrons. The van der Waals surface area contributed by atoms with Gasteiger partial charge in [-0.05, 0) is 64.0 Å². The van der Waals surface area contributed by atoms with E-state index in [4.69, 9.17) is 10.00 Å². The molecule has 0 amide bonds. The fraction of sp³-hybridized carbons (Fsp3) is 0.353. The molecule has 0 aliphatic heterocycles. The number of nitriles is 1. The van der Waals surface area contributed by atoms with Gasteiger partial charge in [0.2, 0.25) is 0 Å². The molecule has 0 spiro atoms. The predicted molar refractivity (Wildman–Crippen MR) is 79.1 cm³/mol. The van der Waals surface area contributed by atoms with Crippen molar-refractivity contribution in [1.82, 2.24) is 0 Å². The number of rotatable bonds is 6. The summed E-state index contributed by atoms with van der Waals surface area (Å²) in [5.41, 5.74) is 3.36. The Morgan fingerprint density at radius 2 is 1.84 bits per heavy atom. The molecule has 2 nitrogen and oxygen atoms in total. The minimum absolute atomic E-state index is 0.576. The van der Waals surface area contributed by atoms with Crippen LogP contribution in [-0.4, -0.2) is 6.61 Å². The zero-order valence-electron chi connectivity index (χ0n) is 11.9. The zero-order valence-corrected chi connectivity index (χ0v) is 11.9. The first kappa shape index (κ1) is 15.0. The average Bonchev–Trinajstić information content (AvgIpc) is 2.39. The Kier molecular flexibility index (Phi) is 6.46. The van der Waals surface area contributed by atoms with E-state index in [9.17, 15) is 0 Å². The maximum Gasteiger partial charge on any atom is 0.119 e. The van der Waals surface area contributed by atoms with Crippen molar-refractivity contribution in [3.63, 3.8) is 0 Å². The quantitative estimate of drug-likeness (QED) is 0.694. The molecule has 0 aromatic heterocycles. The van der Waals surface area contributed by atoms with Gasteiger partial charge < -0.3 is 4.74 Å². The maximum atomic E-state index is 8.69. The first-order valence-electron chi connectivity index (χ1n) is 6.54. The molecular weight excluding hydrogens is 234 g/mol. The van der Waals surface area contributed by atoms with Crippen molar-refractivity contribution < 1.29 is 4.74 Å². The second-order valence-corrected chi connectivity index (χ2v) is 4.82. The van der Waals surface area contributed by atoms with Crippen LogP contribution in [0, 0.1) is 11.3 Å². The fourth-order valence-corrected chi connectivity index (χ4v) is 1.60. The van der Waals surface area contributed by atoms with Crippen molar-refractivity contribution in [3.05, 3.63) is 53.1 Å². The van der Waals surface area contributed by atoms with Crippen LogP contribution in [0.15, 0.2) is 47.6 Å². The Morgan fingerprint density at radius 3 is 2.42 bits per heavy atom. The van der Waals surface area contributed by atoms with Crippen LogP contribution in [0.2, 0.25) is 0 Å². The summed E-state index contributed by atoms with van der Waals surface area (Å²) >= 11 is 0. The number of ether oxygens (including phenoxy) is 1. The van der Waals surface area contributed by atoms with Crippen LogP contribution >= 0.6 is 0 Å². The van der Waals surface area contributed by atoms with Gasteiger partial charge in [0.15, 0.2) is 0 Å². The number of hydrogen-bond donors (Lipinski definition) is 0. The highest BCUT2D eigenvalue weighted by Crippen LogP contribution is 2.12. The summed E-state index contributed by atoms with van der Waals surface area (Å²) in [5.74, 6) is 0.798. The summed E-state index contributed by atoms with van der Waals surface area (Å²) in [5, 5.41) is 8.69. The number of allylic oxidation sites excluding steroid dienone is 3. The van der Waals surface area contributed by atoms with E-state index in [-0.39, 0.29) is 0 Å². The van der Waals surface area contributed by atoms with Crippen molar-refractivity contribution >= 4 is 0 Å². The van der Waals surface area contributed by atoms with Crippen molar-refractivity contribution in [1.29, 1.82) is 5.26 Å². The molecule has 0 aliphatic rings. The van der Waals surface area contributed by atoms with E-state index in [1.54, 1.807) is 12.1 Å². The molecule has 0 saturated heterocycles. The summed E-state index contributed by atoms with van der Waals surface area (Å²) in [6.07, 6.45) is 6.51. The molecule has 1 aromatic carbocycles. The van der Waals surface area contributed by atoms with Crippen molar-refractivity contribution in [2.45, 2.75) is 33.6 Å². The zero-order chi connectivity index (χ0) is 14.1. The largest absolute Gasteiger partial charge is 0.490 e. The lowest BCUT2D eigenvalue weighted by molar-refractivity contribution is 0.361. The Labute approximate surface area is 116 Å². The molecule has 0 saturated carbocycles. The van der Waals surface area contributed by atoms with E-state index >= 15 is 0 Å².